The van der Waals surface area contributed by atoms with Crippen molar-refractivity contribution in [1.29, 1.82) is 0 Å². The van der Waals surface area contributed by atoms with E-state index in [1.54, 1.807) is 24.3 Å². The number of nitrogens with one attached hydrogen (secondary N) is 1. The number of carbonyl (C=O) groups is 2. The Bertz CT molecular complexity index is 1020. The SMILES string of the molecule is CC(C)C#CCOCCCC(=O)CCCOCCOCCO[C@H](COc1cccc(C(=O)NCCCC(C)C)c1)N=[N+]=[N-]. The van der Waals surface area contributed by atoms with Crippen molar-refractivity contribution in [3.63, 3.8) is 0 Å². The first-order valence-electron chi connectivity index (χ1n) is 15.2. The maximum Gasteiger partial charge on any atom is 0.251 e. The highest BCUT2D eigenvalue weighted by molar-refractivity contribution is 5.94. The number of carbonyl (C=O) groups excluding carboxylic acids is 2. The molecule has 0 unspecified atom stereocenters. The van der Waals surface area contributed by atoms with Gasteiger partial charge in [-0.1, -0.05) is 50.7 Å². The Morgan fingerprint density at radius 2 is 1.65 bits per heavy atom. The maximum atomic E-state index is 12.4. The summed E-state index contributed by atoms with van der Waals surface area (Å²) in [6.07, 6.45) is 3.50. The smallest absolute Gasteiger partial charge is 0.251 e. The highest BCUT2D eigenvalue weighted by Crippen LogP contribution is 2.14. The quantitative estimate of drug-likeness (QED) is 0.0496. The fourth-order valence-corrected chi connectivity index (χ4v) is 3.68. The number of hydrogen-bond acceptors (Lipinski definition) is 8. The second-order valence-electron chi connectivity index (χ2n) is 10.7. The third-order valence-electron chi connectivity index (χ3n) is 5.88. The fourth-order valence-electron chi connectivity index (χ4n) is 3.68. The number of benzene rings is 1. The van der Waals surface area contributed by atoms with E-state index in [4.69, 9.17) is 29.2 Å². The Labute approximate surface area is 256 Å². The third kappa shape index (κ3) is 22.1. The van der Waals surface area contributed by atoms with Gasteiger partial charge < -0.3 is 29.0 Å². The van der Waals surface area contributed by atoms with Gasteiger partial charge in [0.1, 0.15) is 24.7 Å². The van der Waals surface area contributed by atoms with Gasteiger partial charge in [-0.05, 0) is 55.3 Å². The Morgan fingerprint density at radius 3 is 2.35 bits per heavy atom. The fraction of sp³-hybridized carbons (Fsp3) is 0.688. The van der Waals surface area contributed by atoms with Gasteiger partial charge in [-0.3, -0.25) is 9.59 Å². The summed E-state index contributed by atoms with van der Waals surface area (Å²) < 4.78 is 27.7. The lowest BCUT2D eigenvalue weighted by Crippen LogP contribution is -2.25. The molecular formula is C32H50N4O7. The first kappa shape index (κ1) is 37.9. The van der Waals surface area contributed by atoms with E-state index in [1.807, 2.05) is 13.8 Å². The molecule has 0 aromatic heterocycles. The summed E-state index contributed by atoms with van der Waals surface area (Å²) in [7, 11) is 0. The second-order valence-corrected chi connectivity index (χ2v) is 10.7. The lowest BCUT2D eigenvalue weighted by atomic mass is 10.1. The van der Waals surface area contributed by atoms with E-state index in [0.29, 0.717) is 88.4 Å². The first-order valence-corrected chi connectivity index (χ1v) is 15.2. The summed E-state index contributed by atoms with van der Waals surface area (Å²) in [6, 6.07) is 6.82. The first-order chi connectivity index (χ1) is 20.8. The van der Waals surface area contributed by atoms with E-state index in [-0.39, 0.29) is 31.5 Å². The summed E-state index contributed by atoms with van der Waals surface area (Å²) in [5, 5.41) is 6.53. The molecule has 11 nitrogen and oxygen atoms in total. The van der Waals surface area contributed by atoms with Crippen LogP contribution in [-0.2, 0) is 23.7 Å². The van der Waals surface area contributed by atoms with Crippen molar-refractivity contribution in [2.24, 2.45) is 17.0 Å². The lowest BCUT2D eigenvalue weighted by Gasteiger charge is -2.15. The standard InChI is InChI=1S/C32H50N4O7/c1-26(2)10-6-16-34-32(38)28-12-5-15-30(24-28)43-25-31(35-36-33)42-23-22-41-21-20-40-19-9-14-29(37)13-8-18-39-17-7-11-27(3)4/h5,12,15,24,26-27,31H,6,8-10,13-14,16-23,25H2,1-4H3,(H,34,38)/t31-/m1/s1. The van der Waals surface area contributed by atoms with E-state index in [2.05, 4.69) is 41.0 Å². The minimum absolute atomic E-state index is 0.00857. The van der Waals surface area contributed by atoms with Gasteiger partial charge >= 0.3 is 0 Å². The molecule has 0 saturated heterocycles. The molecule has 0 aliphatic rings. The molecule has 1 aromatic rings. The van der Waals surface area contributed by atoms with Crippen LogP contribution in [0.25, 0.3) is 10.4 Å². The average Bonchev–Trinajstić information content (AvgIpc) is 2.98. The molecule has 43 heavy (non-hydrogen) atoms. The van der Waals surface area contributed by atoms with Gasteiger partial charge in [0.2, 0.25) is 0 Å². The largest absolute Gasteiger partial charge is 0.491 e. The molecule has 1 aromatic carbocycles. The Kier molecular flexibility index (Phi) is 22.4. The molecule has 0 saturated carbocycles. The van der Waals surface area contributed by atoms with Crippen molar-refractivity contribution < 1.29 is 33.3 Å². The molecule has 11 heteroatoms. The number of azide groups is 1. The normalized spacial score (nSPS) is 11.5. The summed E-state index contributed by atoms with van der Waals surface area (Å²) in [4.78, 5) is 27.1. The predicted molar refractivity (Wildman–Crippen MR) is 166 cm³/mol. The third-order valence-corrected chi connectivity index (χ3v) is 5.88. The van der Waals surface area contributed by atoms with Gasteiger partial charge in [0, 0.05) is 49.0 Å². The van der Waals surface area contributed by atoms with E-state index in [1.165, 1.54) is 0 Å². The Hall–Kier alpha value is -3.13. The van der Waals surface area contributed by atoms with Crippen LogP contribution in [0.4, 0.5) is 0 Å². The number of ether oxygens (including phenoxy) is 5. The molecule has 0 radical (unpaired) electrons. The molecule has 0 aliphatic heterocycles. The van der Waals surface area contributed by atoms with Crippen LogP contribution in [0, 0.1) is 23.7 Å². The van der Waals surface area contributed by atoms with Crippen molar-refractivity contribution in [3.05, 3.63) is 40.3 Å². The van der Waals surface area contributed by atoms with Crippen LogP contribution >= 0.6 is 0 Å². The van der Waals surface area contributed by atoms with Crippen LogP contribution in [0.5, 0.6) is 5.75 Å². The summed E-state index contributed by atoms with van der Waals surface area (Å²) in [5.74, 6) is 7.44. The van der Waals surface area contributed by atoms with E-state index < -0.39 is 6.23 Å². The number of hydrogen-bond donors (Lipinski definition) is 1. The van der Waals surface area contributed by atoms with E-state index in [0.717, 1.165) is 12.8 Å². The van der Waals surface area contributed by atoms with Crippen LogP contribution in [0.2, 0.25) is 0 Å². The molecule has 0 fully saturated rings. The van der Waals surface area contributed by atoms with Gasteiger partial charge in [0.15, 0.2) is 6.23 Å². The average molecular weight is 603 g/mol. The molecule has 240 valence electrons. The molecule has 0 spiro atoms. The highest BCUT2D eigenvalue weighted by Gasteiger charge is 2.11. The summed E-state index contributed by atoms with van der Waals surface area (Å²) in [6.45, 7) is 11.7. The number of rotatable bonds is 25. The monoisotopic (exact) mass is 602 g/mol. The number of nitrogens with zero attached hydrogens (tertiary/aromatic N) is 3. The molecule has 0 heterocycles. The van der Waals surface area contributed by atoms with Crippen molar-refractivity contribution in [1.82, 2.24) is 5.32 Å². The second kappa shape index (κ2) is 25.4. The van der Waals surface area contributed by atoms with Gasteiger partial charge in [0.25, 0.3) is 5.91 Å². The molecule has 0 bridgehead atoms. The van der Waals surface area contributed by atoms with Crippen LogP contribution < -0.4 is 10.1 Å². The lowest BCUT2D eigenvalue weighted by molar-refractivity contribution is -0.119. The van der Waals surface area contributed by atoms with Crippen LogP contribution in [0.3, 0.4) is 0 Å². The molecule has 1 amide bonds. The topological polar surface area (TPSA) is 141 Å². The number of amides is 1. The summed E-state index contributed by atoms with van der Waals surface area (Å²) >= 11 is 0. The zero-order chi connectivity index (χ0) is 31.5. The molecule has 1 N–H and O–H groups in total. The van der Waals surface area contributed by atoms with Gasteiger partial charge in [-0.25, -0.2) is 0 Å². The molecule has 0 aliphatic carbocycles. The van der Waals surface area contributed by atoms with Crippen molar-refractivity contribution in [2.75, 3.05) is 59.4 Å². The van der Waals surface area contributed by atoms with E-state index in [9.17, 15) is 9.59 Å². The summed E-state index contributed by atoms with van der Waals surface area (Å²) in [5.41, 5.74) is 9.35. The zero-order valence-corrected chi connectivity index (χ0v) is 26.3. The predicted octanol–water partition coefficient (Wildman–Crippen LogP) is 5.72. The maximum absolute atomic E-state index is 12.4. The van der Waals surface area contributed by atoms with E-state index >= 15 is 0 Å². The Morgan fingerprint density at radius 1 is 0.953 bits per heavy atom. The van der Waals surface area contributed by atoms with Gasteiger partial charge in [-0.2, -0.15) is 0 Å². The number of Topliss-reactive ketones (excluding diaryl/α,β-unsaturated/α-hetero) is 1. The van der Waals surface area contributed by atoms with Crippen molar-refractivity contribution in [2.45, 2.75) is 72.4 Å². The van der Waals surface area contributed by atoms with Gasteiger partial charge in [-0.15, -0.1) is 0 Å². The minimum Gasteiger partial charge on any atom is -0.491 e. The van der Waals surface area contributed by atoms with Crippen molar-refractivity contribution in [3.8, 4) is 17.6 Å². The van der Waals surface area contributed by atoms with Crippen LogP contribution in [-0.4, -0.2) is 77.3 Å². The zero-order valence-electron chi connectivity index (χ0n) is 26.3. The number of ketones is 1. The highest BCUT2D eigenvalue weighted by atomic mass is 16.6. The van der Waals surface area contributed by atoms with Gasteiger partial charge in [0.05, 0.1) is 26.4 Å². The van der Waals surface area contributed by atoms with Crippen LogP contribution in [0.15, 0.2) is 29.4 Å². The van der Waals surface area contributed by atoms with Crippen LogP contribution in [0.1, 0.15) is 76.6 Å². The van der Waals surface area contributed by atoms with Crippen molar-refractivity contribution >= 4 is 11.7 Å². The molecule has 1 rings (SSSR count). The molecule has 1 atom stereocenters. The minimum atomic E-state index is -0.846. The molecular weight excluding hydrogens is 552 g/mol. The Balaban J connectivity index is 2.11.